The average molecular weight is 688 g/mol. The minimum Gasteiger partial charge on any atom is -0.465 e. The molecule has 48 heavy (non-hydrogen) atoms. The molecule has 3 aliphatic heterocycles. The Balaban J connectivity index is 2.00. The number of rotatable bonds is 6. The van der Waals surface area contributed by atoms with Crippen molar-refractivity contribution in [3.8, 4) is 0 Å². The maximum absolute atomic E-state index is 14.1. The predicted molar refractivity (Wildman–Crippen MR) is 163 cm³/mol. The van der Waals surface area contributed by atoms with Gasteiger partial charge in [-0.25, -0.2) is 19.4 Å². The van der Waals surface area contributed by atoms with Crippen molar-refractivity contribution in [1.82, 2.24) is 10.6 Å². The van der Waals surface area contributed by atoms with Gasteiger partial charge in [-0.3, -0.25) is 15.4 Å². The van der Waals surface area contributed by atoms with Crippen LogP contribution in [0.2, 0.25) is 0 Å². The maximum atomic E-state index is 14.1. The fourth-order valence-corrected chi connectivity index (χ4v) is 6.45. The Hall–Kier alpha value is -3.09. The van der Waals surface area contributed by atoms with Gasteiger partial charge in [0.25, 0.3) is 0 Å². The van der Waals surface area contributed by atoms with Gasteiger partial charge in [-0.05, 0) is 69.2 Å². The number of hydrogen-bond donors (Lipinski definition) is 2. The van der Waals surface area contributed by atoms with Crippen LogP contribution in [-0.2, 0) is 57.0 Å². The molecule has 2 bridgehead atoms. The highest BCUT2D eigenvalue weighted by atomic mass is 16.8. The number of nitrogens with one attached hydrogen (secondary N) is 2. The number of hydrogen-bond acceptors (Lipinski definition) is 15. The number of alkyl carbamates (subject to hydrolysis) is 2. The molecule has 1 saturated carbocycles. The zero-order valence-corrected chi connectivity index (χ0v) is 29.7. The van der Waals surface area contributed by atoms with Crippen LogP contribution in [0.3, 0.4) is 0 Å². The molecule has 1 spiro atoms. The second-order valence-electron chi connectivity index (χ2n) is 15.0. The fourth-order valence-electron chi connectivity index (χ4n) is 6.45. The molecule has 4 aliphatic rings. The topological polar surface area (TPSA) is 197 Å². The first-order valence-electron chi connectivity index (χ1n) is 15.7. The predicted octanol–water partition coefficient (Wildman–Crippen LogP) is 2.28. The molecule has 0 aromatic carbocycles. The van der Waals surface area contributed by atoms with Crippen LogP contribution in [0.4, 0.5) is 9.59 Å². The zero-order valence-electron chi connectivity index (χ0n) is 29.7. The summed E-state index contributed by atoms with van der Waals surface area (Å²) in [5.41, 5.74) is -5.32. The molecule has 2 N–H and O–H groups in total. The lowest BCUT2D eigenvalue weighted by atomic mass is 9.58. The number of esters is 2. The lowest BCUT2D eigenvalue weighted by molar-refractivity contribution is -0.294. The highest BCUT2D eigenvalue weighted by Gasteiger charge is 2.80. The van der Waals surface area contributed by atoms with Crippen LogP contribution in [0.5, 0.6) is 0 Å². The van der Waals surface area contributed by atoms with Gasteiger partial charge in [0, 0.05) is 14.0 Å². The summed E-state index contributed by atoms with van der Waals surface area (Å²) in [5.74, 6) is -5.57. The summed E-state index contributed by atoms with van der Waals surface area (Å²) in [5, 5.41) is 4.93. The second kappa shape index (κ2) is 13.0. The highest BCUT2D eigenvalue weighted by Crippen LogP contribution is 2.59. The van der Waals surface area contributed by atoms with Gasteiger partial charge in [0.15, 0.2) is 23.3 Å². The summed E-state index contributed by atoms with van der Waals surface area (Å²) in [6, 6.07) is 0. The Morgan fingerprint density at radius 3 is 1.94 bits per heavy atom. The van der Waals surface area contributed by atoms with E-state index >= 15 is 0 Å². The molecule has 7 atom stereocenters. The third-order valence-electron chi connectivity index (χ3n) is 7.80. The van der Waals surface area contributed by atoms with E-state index in [1.807, 2.05) is 0 Å². The van der Waals surface area contributed by atoms with Gasteiger partial charge < -0.3 is 47.4 Å². The number of guanidine groups is 1. The molecule has 2 amide bonds. The molecule has 272 valence electrons. The van der Waals surface area contributed by atoms with Crippen molar-refractivity contribution >= 4 is 30.1 Å². The summed E-state index contributed by atoms with van der Waals surface area (Å²) in [6.07, 6.45) is -7.11. The molecule has 3 saturated heterocycles. The van der Waals surface area contributed by atoms with Crippen LogP contribution in [0.1, 0.15) is 76.2 Å². The first-order valence-corrected chi connectivity index (χ1v) is 15.7. The summed E-state index contributed by atoms with van der Waals surface area (Å²) < 4.78 is 59.2. The number of ether oxygens (including phenoxy) is 10. The maximum Gasteiger partial charge on any atom is 0.414 e. The lowest BCUT2D eigenvalue weighted by Gasteiger charge is -2.59. The van der Waals surface area contributed by atoms with Crippen LogP contribution >= 0.6 is 0 Å². The van der Waals surface area contributed by atoms with Crippen molar-refractivity contribution in [3.05, 3.63) is 0 Å². The molecule has 1 aliphatic carbocycles. The minimum absolute atomic E-state index is 0.0995. The van der Waals surface area contributed by atoms with Gasteiger partial charge in [0.2, 0.25) is 5.96 Å². The van der Waals surface area contributed by atoms with Gasteiger partial charge >= 0.3 is 24.1 Å². The van der Waals surface area contributed by atoms with E-state index in [0.717, 1.165) is 0 Å². The Kier molecular flexibility index (Phi) is 10.2. The Morgan fingerprint density at radius 1 is 0.896 bits per heavy atom. The Bertz CT molecular complexity index is 1270. The molecule has 17 nitrogen and oxygen atoms in total. The molecule has 0 aromatic heterocycles. The fraction of sp³-hybridized carbons (Fsp3) is 0.839. The van der Waals surface area contributed by atoms with E-state index in [2.05, 4.69) is 10.6 Å². The minimum atomic E-state index is -1.95. The van der Waals surface area contributed by atoms with E-state index in [0.29, 0.717) is 0 Å². The normalized spacial score (nSPS) is 33.2. The quantitative estimate of drug-likeness (QED) is 0.136. The van der Waals surface area contributed by atoms with E-state index in [1.54, 1.807) is 69.2 Å². The van der Waals surface area contributed by atoms with Gasteiger partial charge in [0.1, 0.15) is 48.5 Å². The van der Waals surface area contributed by atoms with Crippen LogP contribution in [-0.4, -0.2) is 116 Å². The van der Waals surface area contributed by atoms with Crippen LogP contribution < -0.4 is 10.6 Å². The molecule has 17 heteroatoms. The first kappa shape index (κ1) is 37.7. The third kappa shape index (κ3) is 7.86. The van der Waals surface area contributed by atoms with Gasteiger partial charge in [-0.1, -0.05) is 0 Å². The molecule has 3 heterocycles. The third-order valence-corrected chi connectivity index (χ3v) is 7.80. The summed E-state index contributed by atoms with van der Waals surface area (Å²) in [7, 11) is 1.35. The number of methoxy groups -OCH3 is 1. The number of carbonyl (C=O) groups excluding carboxylic acids is 4. The summed E-state index contributed by atoms with van der Waals surface area (Å²) >= 11 is 0. The summed E-state index contributed by atoms with van der Waals surface area (Å²) in [4.78, 5) is 57.5. The standard InChI is InChI=1S/C31H49N3O14/c1-16(35)40-13-17-18-30(14-42-28(8,9)48-30)19-20(45-29(10,11)44-19)31(17,21(22(36)43-18)41-15-39-12)34-23(32-24(37)46-26(2,3)4)33-25(38)47-27(5,6)7/h17-21H,13-15H2,1-12H3,(H2,32,33,34,37,38)/t17-,18+,19-,20+,21+,30-,31+/m0/s1. The molecule has 0 radical (unpaired) electrons. The SMILES string of the molecule is COCO[C@@H]1C(=O)O[C@@H]2[C@H](COC(C)=O)[C@@]1(N=C(NC(=O)OC(C)(C)C)NC(=O)OC(C)(C)C)[C@@H]1OC(C)(C)O[C@@H]1[C@]21COC(C)(C)O1. The van der Waals surface area contributed by atoms with Crippen LogP contribution in [0, 0.1) is 5.92 Å². The average Bonchev–Trinajstić information content (AvgIpc) is 3.40. The Labute approximate surface area is 279 Å². The number of fused-ring (bicyclic) bond motifs is 6. The lowest BCUT2D eigenvalue weighted by Crippen LogP contribution is -2.81. The van der Waals surface area contributed by atoms with Crippen molar-refractivity contribution < 1.29 is 66.5 Å². The highest BCUT2D eigenvalue weighted by molar-refractivity contribution is 6.02. The van der Waals surface area contributed by atoms with Crippen molar-refractivity contribution in [2.45, 2.75) is 134 Å². The molecule has 4 fully saturated rings. The van der Waals surface area contributed by atoms with E-state index < -0.39 is 108 Å². The van der Waals surface area contributed by atoms with E-state index in [1.165, 1.54) is 14.0 Å². The van der Waals surface area contributed by atoms with E-state index in [9.17, 15) is 19.2 Å². The van der Waals surface area contributed by atoms with Crippen molar-refractivity contribution in [1.29, 1.82) is 0 Å². The number of nitrogens with zero attached hydrogens (tertiary/aromatic N) is 1. The molecular formula is C31H49N3O14. The van der Waals surface area contributed by atoms with E-state index in [4.69, 9.17) is 52.4 Å². The number of aliphatic imine (C=N–C) groups is 1. The molecule has 0 aromatic rings. The molecule has 4 rings (SSSR count). The number of carbonyl (C=O) groups is 4. The molecular weight excluding hydrogens is 638 g/mol. The first-order chi connectivity index (χ1) is 21.9. The smallest absolute Gasteiger partial charge is 0.414 e. The van der Waals surface area contributed by atoms with Crippen molar-refractivity contribution in [3.63, 3.8) is 0 Å². The monoisotopic (exact) mass is 687 g/mol. The number of amides is 2. The largest absolute Gasteiger partial charge is 0.465 e. The van der Waals surface area contributed by atoms with Crippen molar-refractivity contribution in [2.75, 3.05) is 27.1 Å². The van der Waals surface area contributed by atoms with Gasteiger partial charge in [-0.2, -0.15) is 0 Å². The van der Waals surface area contributed by atoms with Crippen LogP contribution in [0.25, 0.3) is 0 Å². The second-order valence-corrected chi connectivity index (χ2v) is 15.0. The zero-order chi connectivity index (χ0) is 36.1. The van der Waals surface area contributed by atoms with Crippen LogP contribution in [0.15, 0.2) is 4.99 Å². The van der Waals surface area contributed by atoms with Gasteiger partial charge in [0.05, 0.1) is 12.5 Å². The summed E-state index contributed by atoms with van der Waals surface area (Å²) in [6.45, 7) is 16.9. The van der Waals surface area contributed by atoms with Gasteiger partial charge in [-0.15, -0.1) is 0 Å². The molecule has 0 unspecified atom stereocenters. The van der Waals surface area contributed by atoms with E-state index in [-0.39, 0.29) is 6.61 Å². The van der Waals surface area contributed by atoms with Crippen molar-refractivity contribution in [2.24, 2.45) is 10.9 Å². The Morgan fingerprint density at radius 2 is 1.46 bits per heavy atom.